The summed E-state index contributed by atoms with van der Waals surface area (Å²) < 4.78 is 15.2. The second-order valence-corrected chi connectivity index (χ2v) is 13.2. The molecule has 218 valence electrons. The molecule has 0 saturated heterocycles. The number of hydrogen-bond donors (Lipinski definition) is 0. The molecule has 0 bridgehead atoms. The lowest BCUT2D eigenvalue weighted by atomic mass is 9.85. The first-order chi connectivity index (χ1) is 23.3. The van der Waals surface area contributed by atoms with Crippen LogP contribution in [0.1, 0.15) is 17.5 Å². The molecule has 0 radical (unpaired) electrons. The van der Waals surface area contributed by atoms with Crippen LogP contribution in [-0.4, -0.2) is 0 Å². The van der Waals surface area contributed by atoms with E-state index in [0.29, 0.717) is 5.39 Å². The van der Waals surface area contributed by atoms with Crippen molar-refractivity contribution in [1.82, 2.24) is 0 Å². The molecule has 0 atom stereocenters. The molecule has 0 aromatic heterocycles. The van der Waals surface area contributed by atoms with Crippen LogP contribution in [0.25, 0.3) is 104 Å². The summed E-state index contributed by atoms with van der Waals surface area (Å²) in [4.78, 5) is 0. The largest absolute Gasteiger partial charge is 0.206 e. The Labute approximate surface area is 270 Å². The van der Waals surface area contributed by atoms with Gasteiger partial charge in [0, 0.05) is 10.8 Å². The molecule has 0 saturated carbocycles. The van der Waals surface area contributed by atoms with Crippen LogP contribution in [0.3, 0.4) is 0 Å². The summed E-state index contributed by atoms with van der Waals surface area (Å²) in [5.41, 5.74) is 7.76. The van der Waals surface area contributed by atoms with Crippen molar-refractivity contribution in [3.05, 3.63) is 150 Å². The highest BCUT2D eigenvalue weighted by molar-refractivity contribution is 6.42. The molecule has 1 heteroatoms. The third-order valence-electron chi connectivity index (χ3n) is 10.8. The van der Waals surface area contributed by atoms with Gasteiger partial charge in [0.2, 0.25) is 0 Å². The quantitative estimate of drug-likeness (QED) is 0.186. The van der Waals surface area contributed by atoms with Gasteiger partial charge in [-0.05, 0) is 135 Å². The van der Waals surface area contributed by atoms with Gasteiger partial charge in [-0.25, -0.2) is 4.39 Å². The van der Waals surface area contributed by atoms with Gasteiger partial charge in [0.1, 0.15) is 5.82 Å². The number of hydrogen-bond acceptors (Lipinski definition) is 0. The predicted octanol–water partition coefficient (Wildman–Crippen LogP) is 13.1. The van der Waals surface area contributed by atoms with Gasteiger partial charge in [-0.15, -0.1) is 0 Å². The molecule has 0 unspecified atom stereocenters. The van der Waals surface area contributed by atoms with Gasteiger partial charge in [0.05, 0.1) is 0 Å². The Kier molecular flexibility index (Phi) is 4.94. The maximum absolute atomic E-state index is 15.2. The molecule has 11 rings (SSSR count). The van der Waals surface area contributed by atoms with Crippen molar-refractivity contribution in [1.29, 1.82) is 0 Å². The topological polar surface area (TPSA) is 0 Å². The summed E-state index contributed by atoms with van der Waals surface area (Å²) in [7, 11) is 0. The van der Waals surface area contributed by atoms with Crippen molar-refractivity contribution in [2.75, 3.05) is 0 Å². The minimum atomic E-state index is -0.167. The first-order valence-electron chi connectivity index (χ1n) is 16.5. The average Bonchev–Trinajstić information content (AvgIpc) is 3.62. The Morgan fingerprint density at radius 3 is 1.68 bits per heavy atom. The molecule has 47 heavy (non-hydrogen) atoms. The second-order valence-electron chi connectivity index (χ2n) is 13.2. The van der Waals surface area contributed by atoms with Crippen molar-refractivity contribution in [2.24, 2.45) is 0 Å². The number of rotatable bonds is 2. The van der Waals surface area contributed by atoms with E-state index >= 15 is 4.39 Å². The van der Waals surface area contributed by atoms with Crippen LogP contribution in [0.15, 0.2) is 133 Å². The Balaban J connectivity index is 1.47. The van der Waals surface area contributed by atoms with Crippen molar-refractivity contribution >= 4 is 81.5 Å². The minimum absolute atomic E-state index is 0.167. The van der Waals surface area contributed by atoms with Crippen LogP contribution >= 0.6 is 0 Å². The van der Waals surface area contributed by atoms with E-state index in [0.717, 1.165) is 29.0 Å². The summed E-state index contributed by atoms with van der Waals surface area (Å²) in [6, 6.07) is 45.7. The molecule has 0 amide bonds. The molecule has 1 aliphatic rings. The standard InChI is InChI=1S/C46H27F/c47-40-22-21-32-36-25-37-38(24-35(36)31-18-9-19-33(40)43(31)32)42(27-13-5-2-6-14-27)46-39-23-28-15-7-8-16-29(28)30-17-10-20-34(44(30)39)45(46)41(37)26-11-3-1-4-12-26/h1-6,8-14,16-25H,7,15H2. The maximum atomic E-state index is 15.2. The highest BCUT2D eigenvalue weighted by Crippen LogP contribution is 2.54. The van der Waals surface area contributed by atoms with Crippen molar-refractivity contribution in [3.63, 3.8) is 0 Å². The van der Waals surface area contributed by atoms with E-state index < -0.39 is 0 Å². The highest BCUT2D eigenvalue weighted by Gasteiger charge is 2.26. The molecule has 0 nitrogen and oxygen atoms in total. The first kappa shape index (κ1) is 25.4. The van der Waals surface area contributed by atoms with Gasteiger partial charge in [0.15, 0.2) is 0 Å². The summed E-state index contributed by atoms with van der Waals surface area (Å²) in [6.07, 6.45) is 6.79. The van der Waals surface area contributed by atoms with Crippen molar-refractivity contribution in [2.45, 2.75) is 12.8 Å². The zero-order valence-electron chi connectivity index (χ0n) is 25.6. The molecule has 10 aromatic rings. The van der Waals surface area contributed by atoms with Crippen LogP contribution in [-0.2, 0) is 6.42 Å². The Morgan fingerprint density at radius 1 is 0.404 bits per heavy atom. The van der Waals surface area contributed by atoms with E-state index in [1.165, 1.54) is 87.2 Å². The van der Waals surface area contributed by atoms with Crippen LogP contribution < -0.4 is 0 Å². The fraction of sp³-hybridized carbons (Fsp3) is 0.0435. The second kappa shape index (κ2) is 9.15. The van der Waals surface area contributed by atoms with Crippen LogP contribution in [0.5, 0.6) is 0 Å². The summed E-state index contributed by atoms with van der Waals surface area (Å²) in [5.74, 6) is -0.167. The molecule has 1 aliphatic carbocycles. The molecule has 0 N–H and O–H groups in total. The molecular weight excluding hydrogens is 572 g/mol. The maximum Gasteiger partial charge on any atom is 0.131 e. The fourth-order valence-electron chi connectivity index (χ4n) is 8.96. The summed E-state index contributed by atoms with van der Waals surface area (Å²) >= 11 is 0. The molecule has 10 aromatic carbocycles. The third-order valence-corrected chi connectivity index (χ3v) is 10.8. The van der Waals surface area contributed by atoms with Gasteiger partial charge < -0.3 is 0 Å². The van der Waals surface area contributed by atoms with Gasteiger partial charge in [0.25, 0.3) is 0 Å². The van der Waals surface area contributed by atoms with E-state index in [9.17, 15) is 0 Å². The van der Waals surface area contributed by atoms with Gasteiger partial charge in [-0.3, -0.25) is 0 Å². The number of allylic oxidation sites excluding steroid dienone is 1. The number of fused-ring (bicyclic) bond motifs is 9. The van der Waals surface area contributed by atoms with Crippen LogP contribution in [0.2, 0.25) is 0 Å². The molecule has 0 fully saturated rings. The monoisotopic (exact) mass is 598 g/mol. The van der Waals surface area contributed by atoms with E-state index in [2.05, 4.69) is 115 Å². The molecular formula is C46H27F. The zero-order valence-corrected chi connectivity index (χ0v) is 25.6. The smallest absolute Gasteiger partial charge is 0.131 e. The van der Waals surface area contributed by atoms with Gasteiger partial charge >= 0.3 is 0 Å². The average molecular weight is 599 g/mol. The SMILES string of the molecule is Fc1ccc2c3cc4c(-c5ccccc5)c5c6cccc7c8c(cc(c5c(-c5ccccc5)c4cc3c3cccc1c23)c76)CCC=C8. The number of aryl methyl sites for hydroxylation is 1. The number of benzene rings is 8. The lowest BCUT2D eigenvalue weighted by Gasteiger charge is -2.17. The first-order valence-corrected chi connectivity index (χ1v) is 16.5. The highest BCUT2D eigenvalue weighted by atomic mass is 19.1. The fourth-order valence-corrected chi connectivity index (χ4v) is 8.96. The van der Waals surface area contributed by atoms with E-state index in [1.54, 1.807) is 6.07 Å². The molecule has 0 spiro atoms. The van der Waals surface area contributed by atoms with Crippen molar-refractivity contribution in [3.8, 4) is 22.3 Å². The number of halogens is 1. The Morgan fingerprint density at radius 2 is 0.979 bits per heavy atom. The summed E-state index contributed by atoms with van der Waals surface area (Å²) in [6.45, 7) is 0. The van der Waals surface area contributed by atoms with E-state index in [1.807, 2.05) is 18.2 Å². The minimum Gasteiger partial charge on any atom is -0.206 e. The van der Waals surface area contributed by atoms with Crippen LogP contribution in [0, 0.1) is 5.82 Å². The predicted molar refractivity (Wildman–Crippen MR) is 200 cm³/mol. The lowest BCUT2D eigenvalue weighted by molar-refractivity contribution is 0.640. The normalized spacial score (nSPS) is 13.4. The Bertz CT molecular complexity index is 2930. The molecule has 0 aliphatic heterocycles. The van der Waals surface area contributed by atoms with E-state index in [-0.39, 0.29) is 5.82 Å². The summed E-state index contributed by atoms with van der Waals surface area (Å²) in [5, 5.41) is 16.7. The Hall–Kier alpha value is -5.79. The zero-order chi connectivity index (χ0) is 30.8. The van der Waals surface area contributed by atoms with Gasteiger partial charge in [-0.1, -0.05) is 115 Å². The third kappa shape index (κ3) is 3.26. The lowest BCUT2D eigenvalue weighted by Crippen LogP contribution is -1.95. The van der Waals surface area contributed by atoms with E-state index in [4.69, 9.17) is 0 Å². The molecule has 0 heterocycles. The van der Waals surface area contributed by atoms with Gasteiger partial charge in [-0.2, -0.15) is 0 Å². The van der Waals surface area contributed by atoms with Crippen molar-refractivity contribution < 1.29 is 4.39 Å². The van der Waals surface area contributed by atoms with Crippen LogP contribution in [0.4, 0.5) is 4.39 Å².